The first kappa shape index (κ1) is 30.9. The van der Waals surface area contributed by atoms with E-state index in [0.29, 0.717) is 6.07 Å². The third-order valence-corrected chi connectivity index (χ3v) is 4.84. The number of alkyl halides is 8. The van der Waals surface area contributed by atoms with Crippen molar-refractivity contribution in [2.75, 3.05) is 0 Å². The largest absolute Gasteiger partial charge is 1.00 e. The summed E-state index contributed by atoms with van der Waals surface area (Å²) in [5, 5.41) is -6.81. The average Bonchev–Trinajstić information content (AvgIpc) is 2.66. The van der Waals surface area contributed by atoms with Crippen LogP contribution in [-0.2, 0) is 20.8 Å². The van der Waals surface area contributed by atoms with E-state index in [1.54, 1.807) is 0 Å². The molecule has 0 amide bonds. The molecule has 0 heterocycles. The molecule has 34 heavy (non-hydrogen) atoms. The minimum atomic E-state index is -7.13. The maximum atomic E-state index is 14.2. The minimum absolute atomic E-state index is 0. The van der Waals surface area contributed by atoms with E-state index < -0.39 is 62.1 Å². The van der Waals surface area contributed by atoms with Crippen molar-refractivity contribution in [3.8, 4) is 0 Å². The molecule has 1 N–H and O–H groups in total. The third kappa shape index (κ3) is 5.83. The predicted octanol–water partition coefficient (Wildman–Crippen LogP) is 2.09. The number of ketones is 1. The van der Waals surface area contributed by atoms with Gasteiger partial charge in [-0.3, -0.25) is 9.35 Å². The molecule has 2 rings (SSSR count). The number of hydrogen-bond acceptors (Lipinski definition) is 4. The van der Waals surface area contributed by atoms with Gasteiger partial charge in [0.1, 0.15) is 11.6 Å². The standard InChI is InChI=1S/C17H8F10O5S.K.H/c18-10-4-1-8(2-5-10)13(28)9-3-6-12(19)11(7-9)14(20,21)15(22,23)32-16(24,25)17(26,27)33(29,30)31;;/h1-7H,(H,29,30,31);;/q;+1;-1. The normalized spacial score (nSPS) is 13.4. The van der Waals surface area contributed by atoms with Crippen LogP contribution in [-0.4, -0.2) is 36.2 Å². The zero-order valence-electron chi connectivity index (χ0n) is 17.3. The number of carbonyl (C=O) groups excluding carboxylic acids is 1. The number of hydrogen-bond donors (Lipinski definition) is 1. The van der Waals surface area contributed by atoms with Gasteiger partial charge >= 0.3 is 84.9 Å². The molecule has 17 heteroatoms. The van der Waals surface area contributed by atoms with Crippen LogP contribution >= 0.6 is 0 Å². The zero-order valence-corrected chi connectivity index (χ0v) is 20.2. The zero-order chi connectivity index (χ0) is 25.6. The Hall–Kier alpha value is -1.08. The van der Waals surface area contributed by atoms with Gasteiger partial charge in [-0.1, -0.05) is 0 Å². The van der Waals surface area contributed by atoms with Crippen molar-refractivity contribution in [2.24, 2.45) is 0 Å². The van der Waals surface area contributed by atoms with E-state index in [1.807, 2.05) is 0 Å². The molecule has 184 valence electrons. The van der Waals surface area contributed by atoms with Crippen molar-refractivity contribution in [2.45, 2.75) is 23.4 Å². The van der Waals surface area contributed by atoms with Crippen LogP contribution in [0.25, 0.3) is 0 Å². The summed E-state index contributed by atoms with van der Waals surface area (Å²) in [6.07, 6.45) is -13.6. The molecule has 2 aromatic rings. The summed E-state index contributed by atoms with van der Waals surface area (Å²) in [5.74, 6) is -10.5. The van der Waals surface area contributed by atoms with Gasteiger partial charge in [-0.25, -0.2) is 13.5 Å². The van der Waals surface area contributed by atoms with E-state index in [-0.39, 0.29) is 70.5 Å². The van der Waals surface area contributed by atoms with Crippen LogP contribution in [0.3, 0.4) is 0 Å². The monoisotopic (exact) mass is 554 g/mol. The molecule has 0 aliphatic rings. The molecule has 0 saturated carbocycles. The molecule has 0 saturated heterocycles. The second kappa shape index (κ2) is 10.1. The van der Waals surface area contributed by atoms with Gasteiger partial charge in [0, 0.05) is 11.1 Å². The van der Waals surface area contributed by atoms with Gasteiger partial charge in [-0.15, -0.1) is 0 Å². The summed E-state index contributed by atoms with van der Waals surface area (Å²) in [6, 6.07) is 3.53. The van der Waals surface area contributed by atoms with E-state index >= 15 is 0 Å². The Morgan fingerprint density at radius 1 is 0.824 bits per heavy atom. The number of rotatable bonds is 8. The topological polar surface area (TPSA) is 80.7 Å². The minimum Gasteiger partial charge on any atom is -1.00 e. The fourth-order valence-electron chi connectivity index (χ4n) is 2.27. The predicted molar refractivity (Wildman–Crippen MR) is 88.7 cm³/mol. The number of carbonyl (C=O) groups is 1. The van der Waals surface area contributed by atoms with Crippen molar-refractivity contribution < 1.29 is 119 Å². The number of ether oxygens (including phenoxy) is 1. The molecule has 0 radical (unpaired) electrons. The van der Waals surface area contributed by atoms with E-state index in [1.165, 1.54) is 0 Å². The molecule has 5 nitrogen and oxygen atoms in total. The van der Waals surface area contributed by atoms with Gasteiger partial charge in [-0.2, -0.15) is 43.5 Å². The average molecular weight is 554 g/mol. The Labute approximate surface area is 227 Å². The molecule has 0 aliphatic carbocycles. The van der Waals surface area contributed by atoms with Gasteiger partial charge in [0.05, 0.1) is 5.56 Å². The van der Waals surface area contributed by atoms with Crippen LogP contribution in [0.15, 0.2) is 42.5 Å². The van der Waals surface area contributed by atoms with Crippen LogP contribution in [0.4, 0.5) is 43.9 Å². The van der Waals surface area contributed by atoms with Gasteiger partial charge in [0.2, 0.25) is 0 Å². The van der Waals surface area contributed by atoms with E-state index in [4.69, 9.17) is 4.55 Å². The molecular weight excluding hydrogens is 545 g/mol. The first-order valence-electron chi connectivity index (χ1n) is 8.03. The van der Waals surface area contributed by atoms with Gasteiger partial charge in [0.25, 0.3) is 0 Å². The summed E-state index contributed by atoms with van der Waals surface area (Å²) in [7, 11) is -7.13. The van der Waals surface area contributed by atoms with Gasteiger partial charge < -0.3 is 1.43 Å². The Bertz CT molecular complexity index is 1180. The second-order valence-electron chi connectivity index (χ2n) is 6.23. The van der Waals surface area contributed by atoms with Crippen molar-refractivity contribution in [1.82, 2.24) is 0 Å². The Balaban J connectivity index is 0.00000578. The summed E-state index contributed by atoms with van der Waals surface area (Å²) in [6.45, 7) is 0. The van der Waals surface area contributed by atoms with Gasteiger partial charge in [-0.05, 0) is 42.5 Å². The molecule has 2 aromatic carbocycles. The summed E-state index contributed by atoms with van der Waals surface area (Å²) in [4.78, 5) is 12.2. The second-order valence-corrected chi connectivity index (χ2v) is 7.70. The van der Waals surface area contributed by atoms with Crippen LogP contribution in [0.5, 0.6) is 0 Å². The smallest absolute Gasteiger partial charge is 1.00 e. The van der Waals surface area contributed by atoms with Crippen molar-refractivity contribution >= 4 is 15.9 Å². The molecule has 0 fully saturated rings. The van der Waals surface area contributed by atoms with Crippen LogP contribution in [0.2, 0.25) is 0 Å². The van der Waals surface area contributed by atoms with Crippen molar-refractivity contribution in [3.63, 3.8) is 0 Å². The van der Waals surface area contributed by atoms with E-state index in [9.17, 15) is 57.1 Å². The van der Waals surface area contributed by atoms with Crippen LogP contribution in [0, 0.1) is 11.6 Å². The molecular formula is C17H9F10KO5S. The maximum Gasteiger partial charge on any atom is 1.00 e. The third-order valence-electron chi connectivity index (χ3n) is 3.96. The summed E-state index contributed by atoms with van der Waals surface area (Å²) in [5.41, 5.74) is -3.78. The van der Waals surface area contributed by atoms with E-state index in [2.05, 4.69) is 4.74 Å². The quantitative estimate of drug-likeness (QED) is 0.234. The SMILES string of the molecule is O=C(c1ccc(F)cc1)c1ccc(F)c(C(F)(F)C(F)(F)OC(F)(F)C(F)(F)S(=O)(=O)O)c1.[H-].[K+]. The molecule has 0 aromatic heterocycles. The van der Waals surface area contributed by atoms with Crippen LogP contribution < -0.4 is 51.4 Å². The van der Waals surface area contributed by atoms with Crippen molar-refractivity contribution in [3.05, 3.63) is 70.8 Å². The molecule has 0 spiro atoms. The maximum absolute atomic E-state index is 14.2. The van der Waals surface area contributed by atoms with Crippen molar-refractivity contribution in [1.29, 1.82) is 0 Å². The molecule has 0 atom stereocenters. The molecule has 0 unspecified atom stereocenters. The first-order chi connectivity index (χ1) is 14.7. The Kier molecular flexibility index (Phi) is 9.21. The number of benzene rings is 2. The summed E-state index contributed by atoms with van der Waals surface area (Å²) < 4.78 is 166. The fraction of sp³-hybridized carbons (Fsp3) is 0.235. The number of halogens is 10. The first-order valence-corrected chi connectivity index (χ1v) is 9.47. The van der Waals surface area contributed by atoms with E-state index in [0.717, 1.165) is 24.3 Å². The fourth-order valence-corrected chi connectivity index (χ4v) is 2.61. The Morgan fingerprint density at radius 3 is 1.76 bits per heavy atom. The Morgan fingerprint density at radius 2 is 1.29 bits per heavy atom. The molecule has 0 aliphatic heterocycles. The molecule has 0 bridgehead atoms. The summed E-state index contributed by atoms with van der Waals surface area (Å²) >= 11 is 0. The van der Waals surface area contributed by atoms with Gasteiger partial charge in [0.15, 0.2) is 5.78 Å². The van der Waals surface area contributed by atoms with Crippen LogP contribution in [0.1, 0.15) is 22.9 Å².